The minimum absolute atomic E-state index is 0.00633. The molecule has 9 heteroatoms. The molecule has 2 aliphatic carbocycles. The number of fused-ring (bicyclic) bond motifs is 5. The summed E-state index contributed by atoms with van der Waals surface area (Å²) < 4.78 is 28.9. The summed E-state index contributed by atoms with van der Waals surface area (Å²) >= 11 is 0. The SMILES string of the molecule is CC(C)(O)CNC(=O)c1nccc([C@]23CC[C@@H](c4cc(-c5c(F)cccc5F)nnc42)C3(C)C)n1. The second-order valence-corrected chi connectivity index (χ2v) is 10.6. The molecule has 0 aliphatic heterocycles. The molecule has 1 saturated carbocycles. The number of hydrogen-bond donors (Lipinski definition) is 2. The lowest BCUT2D eigenvalue weighted by atomic mass is 9.66. The van der Waals surface area contributed by atoms with Crippen molar-refractivity contribution in [1.29, 1.82) is 0 Å². The van der Waals surface area contributed by atoms with E-state index in [-0.39, 0.29) is 35.0 Å². The van der Waals surface area contributed by atoms with E-state index in [9.17, 15) is 18.7 Å². The molecular weight excluding hydrogens is 452 g/mol. The summed E-state index contributed by atoms with van der Waals surface area (Å²) in [6.07, 6.45) is 3.14. The molecule has 5 rings (SSSR count). The molecule has 0 unspecified atom stereocenters. The van der Waals surface area contributed by atoms with Gasteiger partial charge in [0.15, 0.2) is 0 Å². The zero-order valence-electron chi connectivity index (χ0n) is 20.1. The van der Waals surface area contributed by atoms with Crippen LogP contribution in [0.1, 0.15) is 74.0 Å². The van der Waals surface area contributed by atoms with E-state index in [1.165, 1.54) is 18.2 Å². The van der Waals surface area contributed by atoms with Crippen molar-refractivity contribution in [3.05, 3.63) is 70.9 Å². The highest BCUT2D eigenvalue weighted by molar-refractivity contribution is 5.90. The summed E-state index contributed by atoms with van der Waals surface area (Å²) in [7, 11) is 0. The van der Waals surface area contributed by atoms with E-state index in [0.29, 0.717) is 5.69 Å². The molecule has 2 bridgehead atoms. The highest BCUT2D eigenvalue weighted by atomic mass is 19.1. The van der Waals surface area contributed by atoms with Crippen LogP contribution in [0.15, 0.2) is 36.5 Å². The zero-order chi connectivity index (χ0) is 25.2. The first-order chi connectivity index (χ1) is 16.5. The van der Waals surface area contributed by atoms with Crippen molar-refractivity contribution >= 4 is 5.91 Å². The number of rotatable bonds is 5. The average Bonchev–Trinajstić information content (AvgIpc) is 3.18. The van der Waals surface area contributed by atoms with Gasteiger partial charge in [-0.3, -0.25) is 4.79 Å². The van der Waals surface area contributed by atoms with E-state index in [1.807, 2.05) is 0 Å². The van der Waals surface area contributed by atoms with Crippen molar-refractivity contribution in [2.45, 2.75) is 57.5 Å². The number of hydrogen-bond acceptors (Lipinski definition) is 6. The second-order valence-electron chi connectivity index (χ2n) is 10.6. The Labute approximate surface area is 202 Å². The van der Waals surface area contributed by atoms with Crippen LogP contribution in [0.5, 0.6) is 0 Å². The van der Waals surface area contributed by atoms with E-state index < -0.39 is 28.6 Å². The lowest BCUT2D eigenvalue weighted by molar-refractivity contribution is 0.0688. The maximum atomic E-state index is 14.4. The fraction of sp³-hybridized carbons (Fsp3) is 0.423. The Hall–Kier alpha value is -3.33. The van der Waals surface area contributed by atoms with Gasteiger partial charge in [0.2, 0.25) is 5.82 Å². The summed E-state index contributed by atoms with van der Waals surface area (Å²) in [4.78, 5) is 21.5. The molecular formula is C26H27F2N5O2. The predicted molar refractivity (Wildman–Crippen MR) is 125 cm³/mol. The monoisotopic (exact) mass is 479 g/mol. The molecule has 2 aromatic heterocycles. The van der Waals surface area contributed by atoms with Crippen molar-refractivity contribution in [3.63, 3.8) is 0 Å². The van der Waals surface area contributed by atoms with Crippen molar-refractivity contribution in [2.24, 2.45) is 5.41 Å². The minimum Gasteiger partial charge on any atom is -0.389 e. The Morgan fingerprint density at radius 1 is 1.20 bits per heavy atom. The van der Waals surface area contributed by atoms with E-state index in [4.69, 9.17) is 0 Å². The number of amides is 1. The molecule has 2 N–H and O–H groups in total. The molecule has 2 heterocycles. The smallest absolute Gasteiger partial charge is 0.289 e. The van der Waals surface area contributed by atoms with Crippen molar-refractivity contribution in [3.8, 4) is 11.3 Å². The van der Waals surface area contributed by atoms with Crippen LogP contribution in [0.4, 0.5) is 8.78 Å². The summed E-state index contributed by atoms with van der Waals surface area (Å²) in [6.45, 7) is 7.51. The molecule has 182 valence electrons. The standard InChI is InChI=1S/C26H27F2N5O2/c1-24(2,35)13-30-23(34)22-29-11-9-19(31-22)26-10-8-15(25(26,3)4)14-12-18(32-33-21(14)26)20-16(27)6-5-7-17(20)28/h5-7,9,11-12,15,35H,8,10,13H2,1-4H3,(H,30,34)/t15-,26+/m0/s1. The lowest BCUT2D eigenvalue weighted by Gasteiger charge is -2.37. The van der Waals surface area contributed by atoms with Gasteiger partial charge in [-0.15, -0.1) is 5.10 Å². The third-order valence-electron chi connectivity index (χ3n) is 7.58. The van der Waals surface area contributed by atoms with E-state index in [2.05, 4.69) is 39.3 Å². The van der Waals surface area contributed by atoms with Crippen molar-refractivity contribution in [2.75, 3.05) is 6.54 Å². The van der Waals surface area contributed by atoms with Gasteiger partial charge in [0.25, 0.3) is 5.91 Å². The molecule has 2 aliphatic rings. The molecule has 1 amide bonds. The number of nitrogens with zero attached hydrogens (tertiary/aromatic N) is 4. The first kappa shape index (κ1) is 23.4. The van der Waals surface area contributed by atoms with Crippen LogP contribution in [-0.4, -0.2) is 43.3 Å². The highest BCUT2D eigenvalue weighted by Crippen LogP contribution is 2.69. The van der Waals surface area contributed by atoms with Crippen LogP contribution in [0.3, 0.4) is 0 Å². The quantitative estimate of drug-likeness (QED) is 0.575. The van der Waals surface area contributed by atoms with E-state index in [0.717, 1.165) is 24.1 Å². The maximum absolute atomic E-state index is 14.4. The van der Waals surface area contributed by atoms with Crippen molar-refractivity contribution < 1.29 is 18.7 Å². The Balaban J connectivity index is 1.59. The topological polar surface area (TPSA) is 101 Å². The van der Waals surface area contributed by atoms with Crippen LogP contribution >= 0.6 is 0 Å². The normalized spacial score (nSPS) is 22.2. The summed E-state index contributed by atoms with van der Waals surface area (Å²) in [6, 6.07) is 7.26. The molecule has 1 aromatic carbocycles. The molecule has 0 spiro atoms. The minimum atomic E-state index is -1.07. The molecule has 2 atom stereocenters. The molecule has 0 radical (unpaired) electrons. The molecule has 0 saturated heterocycles. The lowest BCUT2D eigenvalue weighted by Crippen LogP contribution is -2.40. The number of carbonyl (C=O) groups excluding carboxylic acids is 1. The summed E-state index contributed by atoms with van der Waals surface area (Å²) in [5.41, 5.74) is 0.235. The van der Waals surface area contributed by atoms with E-state index >= 15 is 0 Å². The van der Waals surface area contributed by atoms with Gasteiger partial charge < -0.3 is 10.4 Å². The van der Waals surface area contributed by atoms with Crippen LogP contribution in [0, 0.1) is 17.0 Å². The van der Waals surface area contributed by atoms with Crippen LogP contribution in [0.25, 0.3) is 11.3 Å². The highest BCUT2D eigenvalue weighted by Gasteiger charge is 2.65. The van der Waals surface area contributed by atoms with Gasteiger partial charge in [-0.1, -0.05) is 19.9 Å². The van der Waals surface area contributed by atoms with Gasteiger partial charge in [-0.25, -0.2) is 18.7 Å². The molecule has 3 aromatic rings. The van der Waals surface area contributed by atoms with Gasteiger partial charge in [0.1, 0.15) is 11.6 Å². The molecule has 7 nitrogen and oxygen atoms in total. The number of halogens is 2. The summed E-state index contributed by atoms with van der Waals surface area (Å²) in [5.74, 6) is -1.76. The van der Waals surface area contributed by atoms with Gasteiger partial charge in [-0.2, -0.15) is 5.10 Å². The van der Waals surface area contributed by atoms with Gasteiger partial charge in [-0.05, 0) is 67.9 Å². The maximum Gasteiger partial charge on any atom is 0.289 e. The van der Waals surface area contributed by atoms with Crippen LogP contribution in [-0.2, 0) is 5.41 Å². The zero-order valence-corrected chi connectivity index (χ0v) is 20.1. The number of carbonyl (C=O) groups is 1. The number of aromatic nitrogens is 4. The van der Waals surface area contributed by atoms with Crippen LogP contribution in [0.2, 0.25) is 0 Å². The van der Waals surface area contributed by atoms with E-state index in [1.54, 1.807) is 32.2 Å². The molecule has 1 fully saturated rings. The number of nitrogens with one attached hydrogen (secondary N) is 1. The Morgan fingerprint density at radius 2 is 1.91 bits per heavy atom. The summed E-state index contributed by atoms with van der Waals surface area (Å²) in [5, 5.41) is 21.3. The number of aliphatic hydroxyl groups is 1. The first-order valence-corrected chi connectivity index (χ1v) is 11.6. The Bertz CT molecular complexity index is 1320. The fourth-order valence-electron chi connectivity index (χ4n) is 5.84. The van der Waals surface area contributed by atoms with Crippen molar-refractivity contribution in [1.82, 2.24) is 25.5 Å². The van der Waals surface area contributed by atoms with Gasteiger partial charge >= 0.3 is 0 Å². The molecule has 35 heavy (non-hydrogen) atoms. The second kappa shape index (κ2) is 7.84. The van der Waals surface area contributed by atoms with Gasteiger partial charge in [0, 0.05) is 12.7 Å². The van der Waals surface area contributed by atoms with Gasteiger partial charge in [0.05, 0.1) is 33.7 Å². The fourth-order valence-corrected chi connectivity index (χ4v) is 5.84. The predicted octanol–water partition coefficient (Wildman–Crippen LogP) is 3.92. The number of benzene rings is 1. The van der Waals surface area contributed by atoms with Crippen LogP contribution < -0.4 is 5.32 Å². The third-order valence-corrected chi connectivity index (χ3v) is 7.58. The Morgan fingerprint density at radius 3 is 2.60 bits per heavy atom. The Kier molecular flexibility index (Phi) is 5.25. The third kappa shape index (κ3) is 3.52. The largest absolute Gasteiger partial charge is 0.389 e. The average molecular weight is 480 g/mol. The first-order valence-electron chi connectivity index (χ1n) is 11.6.